The van der Waals surface area contributed by atoms with Crippen LogP contribution in [-0.4, -0.2) is 48.9 Å². The van der Waals surface area contributed by atoms with Gasteiger partial charge in [0, 0.05) is 31.1 Å². The van der Waals surface area contributed by atoms with Crippen molar-refractivity contribution < 1.29 is 4.74 Å². The van der Waals surface area contributed by atoms with Gasteiger partial charge in [-0.3, -0.25) is 0 Å². The molecule has 4 rings (SSSR count). The monoisotopic (exact) mass is 327 g/mol. The summed E-state index contributed by atoms with van der Waals surface area (Å²) < 4.78 is 6.21. The molecule has 3 heterocycles. The van der Waals surface area contributed by atoms with Crippen LogP contribution in [0.25, 0.3) is 0 Å². The molecule has 2 aliphatic heterocycles. The Morgan fingerprint density at radius 1 is 1.09 bits per heavy atom. The van der Waals surface area contributed by atoms with Gasteiger partial charge < -0.3 is 14.5 Å². The molecular weight excluding hydrogens is 306 g/mol. The number of aryl methyl sites for hydroxylation is 1. The van der Waals surface area contributed by atoms with Crippen LogP contribution in [0.3, 0.4) is 0 Å². The third kappa shape index (κ3) is 2.54. The molecule has 1 aromatic heterocycles. The quantitative estimate of drug-likeness (QED) is 0.737. The molecular formula is C18H21N3OS. The van der Waals surface area contributed by atoms with E-state index >= 15 is 0 Å². The Morgan fingerprint density at radius 2 is 1.83 bits per heavy atom. The molecule has 1 aromatic carbocycles. The lowest BCUT2D eigenvalue weighted by Crippen LogP contribution is -2.47. The van der Waals surface area contributed by atoms with E-state index in [9.17, 15) is 0 Å². The maximum atomic E-state index is 6.21. The summed E-state index contributed by atoms with van der Waals surface area (Å²) >= 11 is 1.72. The summed E-state index contributed by atoms with van der Waals surface area (Å²) in [5.41, 5.74) is 3.38. The Balaban J connectivity index is 1.85. The number of benzene rings is 1. The summed E-state index contributed by atoms with van der Waals surface area (Å²) in [6.07, 6.45) is 0. The number of hydrogen-bond acceptors (Lipinski definition) is 5. The van der Waals surface area contributed by atoms with Crippen molar-refractivity contribution in [2.24, 2.45) is 4.99 Å². The first-order valence-electron chi connectivity index (χ1n) is 8.03. The van der Waals surface area contributed by atoms with Crippen LogP contribution < -0.4 is 4.74 Å². The van der Waals surface area contributed by atoms with E-state index in [0.29, 0.717) is 0 Å². The highest BCUT2D eigenvalue weighted by Crippen LogP contribution is 2.44. The highest BCUT2D eigenvalue weighted by molar-refractivity contribution is 7.14. The molecule has 1 saturated heterocycles. The lowest BCUT2D eigenvalue weighted by Gasteiger charge is -2.34. The minimum Gasteiger partial charge on any atom is -0.444 e. The lowest BCUT2D eigenvalue weighted by molar-refractivity contribution is 0.215. The van der Waals surface area contributed by atoms with E-state index in [1.54, 1.807) is 11.3 Å². The molecule has 0 radical (unpaired) electrons. The van der Waals surface area contributed by atoms with Crippen molar-refractivity contribution in [2.45, 2.75) is 13.8 Å². The maximum absolute atomic E-state index is 6.21. The zero-order valence-electron chi connectivity index (χ0n) is 13.8. The van der Waals surface area contributed by atoms with Crippen LogP contribution in [0.1, 0.15) is 16.0 Å². The van der Waals surface area contributed by atoms with Crippen molar-refractivity contribution in [3.05, 3.63) is 40.3 Å². The first-order chi connectivity index (χ1) is 11.1. The fraction of sp³-hybridized carbons (Fsp3) is 0.389. The van der Waals surface area contributed by atoms with Crippen LogP contribution in [-0.2, 0) is 0 Å². The lowest BCUT2D eigenvalue weighted by atomic mass is 10.1. The van der Waals surface area contributed by atoms with E-state index in [-0.39, 0.29) is 0 Å². The molecule has 0 atom stereocenters. The molecule has 4 nitrogen and oxygen atoms in total. The van der Waals surface area contributed by atoms with Gasteiger partial charge in [-0.1, -0.05) is 12.1 Å². The van der Waals surface area contributed by atoms with Crippen LogP contribution in [0.5, 0.6) is 10.8 Å². The van der Waals surface area contributed by atoms with Crippen molar-refractivity contribution >= 4 is 22.9 Å². The van der Waals surface area contributed by atoms with Crippen LogP contribution >= 0.6 is 11.3 Å². The number of ether oxygens (including phenoxy) is 1. The predicted molar refractivity (Wildman–Crippen MR) is 95.6 cm³/mol. The molecule has 1 fully saturated rings. The Kier molecular flexibility index (Phi) is 3.62. The predicted octanol–water partition coefficient (Wildman–Crippen LogP) is 3.80. The van der Waals surface area contributed by atoms with Gasteiger partial charge in [-0.05, 0) is 38.6 Å². The van der Waals surface area contributed by atoms with Crippen molar-refractivity contribution in [2.75, 3.05) is 33.2 Å². The number of para-hydroxylation sites is 2. The van der Waals surface area contributed by atoms with Gasteiger partial charge in [0.1, 0.15) is 11.5 Å². The summed E-state index contributed by atoms with van der Waals surface area (Å²) in [6, 6.07) is 8.05. The summed E-state index contributed by atoms with van der Waals surface area (Å²) in [7, 11) is 2.18. The number of fused-ring (bicyclic) bond motifs is 2. The number of piperazine rings is 1. The van der Waals surface area contributed by atoms with Crippen LogP contribution in [0.2, 0.25) is 0 Å². The average Bonchev–Trinajstić information content (AvgIpc) is 2.73. The third-order valence-corrected chi connectivity index (χ3v) is 5.76. The average molecular weight is 327 g/mol. The molecule has 0 spiro atoms. The molecule has 120 valence electrons. The van der Waals surface area contributed by atoms with E-state index in [1.807, 2.05) is 24.3 Å². The van der Waals surface area contributed by atoms with Gasteiger partial charge in [0.15, 0.2) is 10.8 Å². The van der Waals surface area contributed by atoms with Gasteiger partial charge in [-0.25, -0.2) is 4.99 Å². The van der Waals surface area contributed by atoms with E-state index in [1.165, 1.54) is 16.0 Å². The summed E-state index contributed by atoms with van der Waals surface area (Å²) in [5, 5.41) is 0.975. The molecule has 2 aliphatic rings. The van der Waals surface area contributed by atoms with E-state index < -0.39 is 0 Å². The van der Waals surface area contributed by atoms with Crippen LogP contribution in [0.15, 0.2) is 29.3 Å². The molecule has 2 aromatic rings. The van der Waals surface area contributed by atoms with Crippen molar-refractivity contribution in [3.63, 3.8) is 0 Å². The molecule has 0 N–H and O–H groups in total. The molecule has 0 aliphatic carbocycles. The summed E-state index contributed by atoms with van der Waals surface area (Å²) in [4.78, 5) is 11.1. The van der Waals surface area contributed by atoms with Crippen molar-refractivity contribution in [1.82, 2.24) is 9.80 Å². The van der Waals surface area contributed by atoms with Gasteiger partial charge in [0.05, 0.1) is 5.56 Å². The fourth-order valence-electron chi connectivity index (χ4n) is 3.08. The third-order valence-electron chi connectivity index (χ3n) is 4.67. The Morgan fingerprint density at radius 3 is 2.61 bits per heavy atom. The zero-order chi connectivity index (χ0) is 16.0. The number of nitrogens with zero attached hydrogens (tertiary/aromatic N) is 3. The number of thiophene rings is 1. The number of likely N-dealkylation sites (N-methyl/N-ethyl adjacent to an activating group) is 1. The van der Waals surface area contributed by atoms with Gasteiger partial charge in [0.2, 0.25) is 0 Å². The van der Waals surface area contributed by atoms with E-state index in [4.69, 9.17) is 9.73 Å². The molecule has 0 saturated carbocycles. The summed E-state index contributed by atoms with van der Waals surface area (Å²) in [6.45, 7) is 8.48. The maximum Gasteiger partial charge on any atom is 0.192 e. The Bertz CT molecular complexity index is 773. The first kappa shape index (κ1) is 14.7. The highest BCUT2D eigenvalue weighted by Gasteiger charge is 2.28. The van der Waals surface area contributed by atoms with Gasteiger partial charge in [-0.2, -0.15) is 0 Å². The highest BCUT2D eigenvalue weighted by atomic mass is 32.1. The second-order valence-electron chi connectivity index (χ2n) is 6.24. The van der Waals surface area contributed by atoms with E-state index in [2.05, 4.69) is 30.7 Å². The Hall–Kier alpha value is -1.85. The second-order valence-corrected chi connectivity index (χ2v) is 7.43. The zero-order valence-corrected chi connectivity index (χ0v) is 14.6. The van der Waals surface area contributed by atoms with Crippen molar-refractivity contribution in [1.29, 1.82) is 0 Å². The molecule has 23 heavy (non-hydrogen) atoms. The fourth-order valence-corrected chi connectivity index (χ4v) is 4.09. The van der Waals surface area contributed by atoms with Crippen LogP contribution in [0.4, 0.5) is 5.69 Å². The number of aliphatic imine (C=N–C) groups is 1. The number of hydrogen-bond donors (Lipinski definition) is 0. The van der Waals surface area contributed by atoms with Gasteiger partial charge >= 0.3 is 0 Å². The first-order valence-corrected chi connectivity index (χ1v) is 8.84. The minimum absolute atomic E-state index is 0.846. The molecule has 0 unspecified atom stereocenters. The normalized spacial score (nSPS) is 17.9. The smallest absolute Gasteiger partial charge is 0.192 e. The van der Waals surface area contributed by atoms with E-state index in [0.717, 1.165) is 48.5 Å². The minimum atomic E-state index is 0.846. The Labute approximate surface area is 141 Å². The van der Waals surface area contributed by atoms with Crippen LogP contribution in [0, 0.1) is 13.8 Å². The standard InChI is InChI=1S/C18H21N3OS/c1-12-13(2)23-18-16(12)17(21-10-8-20(3)9-11-21)19-14-6-4-5-7-15(14)22-18/h4-7H,8-11H2,1-3H3. The van der Waals surface area contributed by atoms with Gasteiger partial charge in [0.25, 0.3) is 0 Å². The molecule has 5 heteroatoms. The topological polar surface area (TPSA) is 28.1 Å². The number of rotatable bonds is 0. The SMILES string of the molecule is Cc1sc2c(c1C)C(N1CCN(C)CC1)=Nc1ccccc1O2. The van der Waals surface area contributed by atoms with Crippen molar-refractivity contribution in [3.8, 4) is 10.8 Å². The van der Waals surface area contributed by atoms with Gasteiger partial charge in [-0.15, -0.1) is 11.3 Å². The number of amidine groups is 1. The molecule has 0 bridgehead atoms. The second kappa shape index (κ2) is 5.65. The largest absolute Gasteiger partial charge is 0.444 e. The summed E-state index contributed by atoms with van der Waals surface area (Å²) in [5.74, 6) is 1.92. The molecule has 0 amide bonds.